The number of methoxy groups -OCH3 is 1. The third-order valence-corrected chi connectivity index (χ3v) is 5.28. The van der Waals surface area contributed by atoms with E-state index in [0.29, 0.717) is 25.7 Å². The maximum absolute atomic E-state index is 12.5. The van der Waals surface area contributed by atoms with E-state index in [1.807, 2.05) is 16.8 Å². The van der Waals surface area contributed by atoms with Crippen LogP contribution in [0.4, 0.5) is 0 Å². The highest BCUT2D eigenvalue weighted by atomic mass is 16.5. The van der Waals surface area contributed by atoms with Gasteiger partial charge in [-0.2, -0.15) is 0 Å². The second-order valence-electron chi connectivity index (χ2n) is 7.01. The Morgan fingerprint density at radius 2 is 1.70 bits per heavy atom. The number of ether oxygens (including phenoxy) is 1. The number of carbonyl (C=O) groups is 2. The predicted octanol–water partition coefficient (Wildman–Crippen LogP) is 0.814. The van der Waals surface area contributed by atoms with E-state index in [9.17, 15) is 9.59 Å². The van der Waals surface area contributed by atoms with Crippen molar-refractivity contribution < 1.29 is 14.3 Å². The largest absolute Gasteiger partial charge is 0.375 e. The highest BCUT2D eigenvalue weighted by molar-refractivity contribution is 5.79. The number of rotatable bonds is 5. The van der Waals surface area contributed by atoms with Gasteiger partial charge in [-0.15, -0.1) is 0 Å². The summed E-state index contributed by atoms with van der Waals surface area (Å²) in [6, 6.07) is 0.406. The quantitative estimate of drug-likeness (QED) is 0.751. The molecule has 0 unspecified atom stereocenters. The zero-order valence-corrected chi connectivity index (χ0v) is 14.8. The number of hydrogen-bond acceptors (Lipinski definition) is 4. The number of carbonyl (C=O) groups excluding carboxylic acids is 2. The second-order valence-corrected chi connectivity index (χ2v) is 7.01. The highest BCUT2D eigenvalue weighted by Gasteiger charge is 2.27. The third kappa shape index (κ3) is 5.18. The van der Waals surface area contributed by atoms with Gasteiger partial charge in [-0.05, 0) is 31.6 Å². The molecule has 132 valence electrons. The van der Waals surface area contributed by atoms with E-state index < -0.39 is 0 Å². The maximum atomic E-state index is 12.5. The minimum atomic E-state index is 0.0342. The summed E-state index contributed by atoms with van der Waals surface area (Å²) in [6.07, 6.45) is 4.70. The van der Waals surface area contributed by atoms with Gasteiger partial charge >= 0.3 is 0 Å². The van der Waals surface area contributed by atoms with E-state index in [0.717, 1.165) is 31.8 Å². The summed E-state index contributed by atoms with van der Waals surface area (Å²) >= 11 is 0. The van der Waals surface area contributed by atoms with Crippen LogP contribution in [0.15, 0.2) is 0 Å². The summed E-state index contributed by atoms with van der Waals surface area (Å²) in [5.74, 6) is 1.04. The molecular weight excluding hydrogens is 294 g/mol. The Balaban J connectivity index is 1.73. The Hall–Kier alpha value is -1.14. The lowest BCUT2D eigenvalue weighted by Crippen LogP contribution is -2.52. The molecule has 23 heavy (non-hydrogen) atoms. The van der Waals surface area contributed by atoms with Crippen LogP contribution in [0.5, 0.6) is 0 Å². The van der Waals surface area contributed by atoms with Gasteiger partial charge in [0.25, 0.3) is 0 Å². The van der Waals surface area contributed by atoms with Crippen LogP contribution in [0.25, 0.3) is 0 Å². The van der Waals surface area contributed by atoms with Crippen LogP contribution in [0, 0.1) is 5.92 Å². The molecule has 0 atom stereocenters. The van der Waals surface area contributed by atoms with E-state index in [1.54, 1.807) is 0 Å². The minimum Gasteiger partial charge on any atom is -0.375 e. The Morgan fingerprint density at radius 3 is 2.26 bits per heavy atom. The normalized spacial score (nSPS) is 26.1. The van der Waals surface area contributed by atoms with Crippen LogP contribution in [-0.2, 0) is 14.3 Å². The molecule has 1 aliphatic carbocycles. The second kappa shape index (κ2) is 8.64. The first-order valence-electron chi connectivity index (χ1n) is 8.76. The van der Waals surface area contributed by atoms with Crippen molar-refractivity contribution in [2.75, 3.05) is 53.5 Å². The molecular formula is C17H31N3O3. The average Bonchev–Trinajstić information content (AvgIpc) is 2.55. The summed E-state index contributed by atoms with van der Waals surface area (Å²) in [6.45, 7) is 5.78. The summed E-state index contributed by atoms with van der Waals surface area (Å²) in [4.78, 5) is 30.2. The summed E-state index contributed by atoms with van der Waals surface area (Å²) in [7, 11) is 3.48. The monoisotopic (exact) mass is 325 g/mol. The van der Waals surface area contributed by atoms with Crippen LogP contribution in [0.1, 0.15) is 32.6 Å². The van der Waals surface area contributed by atoms with Crippen LogP contribution < -0.4 is 0 Å². The minimum absolute atomic E-state index is 0.0342. The maximum Gasteiger partial charge on any atom is 0.248 e. The van der Waals surface area contributed by atoms with Gasteiger partial charge in [-0.1, -0.05) is 6.92 Å². The van der Waals surface area contributed by atoms with Gasteiger partial charge in [0.1, 0.15) is 6.61 Å². The molecule has 0 radical (unpaired) electrons. The molecule has 1 saturated carbocycles. The number of hydrogen-bond donors (Lipinski definition) is 0. The highest BCUT2D eigenvalue weighted by Crippen LogP contribution is 2.26. The van der Waals surface area contributed by atoms with Gasteiger partial charge in [0.2, 0.25) is 11.8 Å². The van der Waals surface area contributed by atoms with Crippen LogP contribution >= 0.6 is 0 Å². The van der Waals surface area contributed by atoms with Crippen LogP contribution in [-0.4, -0.2) is 86.0 Å². The van der Waals surface area contributed by atoms with Crippen molar-refractivity contribution in [1.82, 2.24) is 14.7 Å². The van der Waals surface area contributed by atoms with Crippen molar-refractivity contribution >= 4 is 11.8 Å². The smallest absolute Gasteiger partial charge is 0.248 e. The van der Waals surface area contributed by atoms with Gasteiger partial charge < -0.3 is 14.5 Å². The van der Waals surface area contributed by atoms with Crippen molar-refractivity contribution in [2.24, 2.45) is 5.92 Å². The summed E-state index contributed by atoms with van der Waals surface area (Å²) < 4.78 is 4.89. The molecule has 0 aromatic rings. The molecule has 0 bridgehead atoms. The first kappa shape index (κ1) is 18.2. The van der Waals surface area contributed by atoms with Crippen molar-refractivity contribution in [3.05, 3.63) is 0 Å². The first-order valence-corrected chi connectivity index (χ1v) is 8.76. The van der Waals surface area contributed by atoms with Gasteiger partial charge in [0.05, 0.1) is 6.54 Å². The molecule has 6 nitrogen and oxygen atoms in total. The van der Waals surface area contributed by atoms with E-state index >= 15 is 0 Å². The van der Waals surface area contributed by atoms with Gasteiger partial charge in [-0.25, -0.2) is 0 Å². The summed E-state index contributed by atoms with van der Waals surface area (Å²) in [5.41, 5.74) is 0. The number of piperazine rings is 1. The molecule has 0 N–H and O–H groups in total. The SMILES string of the molecule is COCC(=O)N1CCN(CC(=O)N(C)C2CCC(C)CC2)CC1. The lowest BCUT2D eigenvalue weighted by atomic mass is 9.87. The van der Waals surface area contributed by atoms with E-state index in [2.05, 4.69) is 11.8 Å². The zero-order valence-electron chi connectivity index (χ0n) is 14.8. The average molecular weight is 325 g/mol. The Kier molecular flexibility index (Phi) is 6.84. The summed E-state index contributed by atoms with van der Waals surface area (Å²) in [5, 5.41) is 0. The molecule has 1 aliphatic heterocycles. The molecule has 2 fully saturated rings. The number of nitrogens with zero attached hydrogens (tertiary/aromatic N) is 3. The van der Waals surface area contributed by atoms with Gasteiger partial charge in [0.15, 0.2) is 0 Å². The van der Waals surface area contributed by atoms with E-state index in [-0.39, 0.29) is 18.4 Å². The number of amides is 2. The van der Waals surface area contributed by atoms with Gasteiger partial charge in [-0.3, -0.25) is 14.5 Å². The fourth-order valence-corrected chi connectivity index (χ4v) is 3.51. The molecule has 2 aliphatic rings. The topological polar surface area (TPSA) is 53.1 Å². The fourth-order valence-electron chi connectivity index (χ4n) is 3.51. The van der Waals surface area contributed by atoms with Crippen molar-refractivity contribution in [3.63, 3.8) is 0 Å². The molecule has 2 amide bonds. The van der Waals surface area contributed by atoms with Crippen LogP contribution in [0.2, 0.25) is 0 Å². The Labute approximate surface area is 139 Å². The van der Waals surface area contributed by atoms with E-state index in [4.69, 9.17) is 4.74 Å². The molecule has 6 heteroatoms. The molecule has 0 aromatic carbocycles. The van der Waals surface area contributed by atoms with Crippen molar-refractivity contribution in [3.8, 4) is 0 Å². The van der Waals surface area contributed by atoms with Gasteiger partial charge in [0, 0.05) is 46.4 Å². The lowest BCUT2D eigenvalue weighted by Gasteiger charge is -2.37. The zero-order chi connectivity index (χ0) is 16.8. The van der Waals surface area contributed by atoms with Crippen molar-refractivity contribution in [2.45, 2.75) is 38.6 Å². The predicted molar refractivity (Wildman–Crippen MR) is 89.1 cm³/mol. The first-order chi connectivity index (χ1) is 11.0. The van der Waals surface area contributed by atoms with Crippen molar-refractivity contribution in [1.29, 1.82) is 0 Å². The number of likely N-dealkylation sites (N-methyl/N-ethyl adjacent to an activating group) is 1. The van der Waals surface area contributed by atoms with E-state index in [1.165, 1.54) is 20.0 Å². The molecule has 1 saturated heterocycles. The molecule has 2 rings (SSSR count). The molecule has 1 heterocycles. The lowest BCUT2D eigenvalue weighted by molar-refractivity contribution is -0.138. The molecule has 0 aromatic heterocycles. The fraction of sp³-hybridized carbons (Fsp3) is 0.882. The molecule has 0 spiro atoms. The van der Waals surface area contributed by atoms with Crippen LogP contribution in [0.3, 0.4) is 0 Å². The Bertz CT molecular complexity index is 400. The third-order valence-electron chi connectivity index (χ3n) is 5.28. The standard InChI is InChI=1S/C17H31N3O3/c1-14-4-6-15(7-5-14)18(2)16(21)12-19-8-10-20(11-9-19)17(22)13-23-3/h14-15H,4-13H2,1-3H3. The Morgan fingerprint density at radius 1 is 1.09 bits per heavy atom.